The molecule has 0 atom stereocenters. The van der Waals surface area contributed by atoms with Crippen LogP contribution in [0.25, 0.3) is 10.7 Å². The normalized spacial score (nSPS) is 18.7. The second kappa shape index (κ2) is 15.2. The van der Waals surface area contributed by atoms with Gasteiger partial charge in [-0.15, -0.1) is 0 Å². The summed E-state index contributed by atoms with van der Waals surface area (Å²) >= 11 is 5.92. The van der Waals surface area contributed by atoms with Gasteiger partial charge in [0, 0.05) is 61.8 Å². The van der Waals surface area contributed by atoms with Crippen molar-refractivity contribution in [2.45, 2.75) is 64.2 Å². The number of nitrogens with zero attached hydrogens (tertiary/aromatic N) is 5. The minimum atomic E-state index is -0.238. The Morgan fingerprint density at radius 2 is 1.24 bits per heavy atom. The number of Topliss-reactive ketones (excluding diaryl/α,β-unsaturated/α-hetero) is 2. The number of ketones is 2. The van der Waals surface area contributed by atoms with E-state index in [1.165, 1.54) is 51.6 Å². The maximum atomic E-state index is 12.2. The number of carbonyl (C=O) groups is 2. The van der Waals surface area contributed by atoms with Crippen molar-refractivity contribution in [3.63, 3.8) is 0 Å². The van der Waals surface area contributed by atoms with Crippen molar-refractivity contribution in [3.8, 4) is 12.1 Å². The predicted molar refractivity (Wildman–Crippen MR) is 158 cm³/mol. The van der Waals surface area contributed by atoms with Crippen LogP contribution in [0.15, 0.2) is 48.1 Å². The van der Waals surface area contributed by atoms with Crippen molar-refractivity contribution in [2.24, 2.45) is 0 Å². The molecule has 6 rings (SSSR count). The Labute approximate surface area is 246 Å². The molecule has 2 aromatic rings. The average molecular weight is 571 g/mol. The number of nitriles is 2. The molecule has 2 aliphatic carbocycles. The Balaban J connectivity index is 0.000000159. The molecule has 1 N–H and O–H groups in total. The molecule has 0 spiro atoms. The number of pyridine rings is 2. The summed E-state index contributed by atoms with van der Waals surface area (Å²) in [5.41, 5.74) is 4.67. The lowest BCUT2D eigenvalue weighted by Gasteiger charge is -2.30. The summed E-state index contributed by atoms with van der Waals surface area (Å²) in [6, 6.07) is 7.59. The molecule has 2 aromatic heterocycles. The highest BCUT2D eigenvalue weighted by molar-refractivity contribution is 6.52. The van der Waals surface area contributed by atoms with Crippen LogP contribution >= 0.6 is 11.6 Å². The van der Waals surface area contributed by atoms with Gasteiger partial charge in [-0.25, -0.2) is 0 Å². The molecule has 9 heteroatoms. The van der Waals surface area contributed by atoms with E-state index in [0.29, 0.717) is 12.0 Å². The smallest absolute Gasteiger partial charge is 0.179 e. The molecule has 4 heterocycles. The van der Waals surface area contributed by atoms with Crippen LogP contribution in [0, 0.1) is 22.7 Å². The lowest BCUT2D eigenvalue weighted by Crippen LogP contribution is -2.29. The van der Waals surface area contributed by atoms with Gasteiger partial charge in [0.2, 0.25) is 0 Å². The van der Waals surface area contributed by atoms with Gasteiger partial charge in [0.05, 0.1) is 10.7 Å². The highest BCUT2D eigenvalue weighted by Crippen LogP contribution is 2.33. The minimum absolute atomic E-state index is 0.0466. The van der Waals surface area contributed by atoms with E-state index in [4.69, 9.17) is 16.9 Å². The summed E-state index contributed by atoms with van der Waals surface area (Å²) < 4.78 is 0. The van der Waals surface area contributed by atoms with E-state index in [1.54, 1.807) is 30.9 Å². The first kappa shape index (κ1) is 30.1. The van der Waals surface area contributed by atoms with E-state index in [1.807, 2.05) is 12.1 Å². The van der Waals surface area contributed by atoms with Crippen LogP contribution in [0.1, 0.15) is 73.6 Å². The summed E-state index contributed by atoms with van der Waals surface area (Å²) in [7, 11) is 0. The molecule has 0 radical (unpaired) electrons. The van der Waals surface area contributed by atoms with Crippen molar-refractivity contribution in [1.82, 2.24) is 20.2 Å². The second-order valence-corrected chi connectivity index (χ2v) is 10.8. The molecule has 4 aliphatic rings. The average Bonchev–Trinajstić information content (AvgIpc) is 3.46. The molecule has 8 nitrogen and oxygen atoms in total. The largest absolute Gasteiger partial charge is 0.370 e. The molecule has 0 amide bonds. The number of hydrogen-bond donors (Lipinski definition) is 1. The maximum Gasteiger partial charge on any atom is 0.179 e. The van der Waals surface area contributed by atoms with Gasteiger partial charge in [-0.05, 0) is 62.0 Å². The van der Waals surface area contributed by atoms with E-state index in [-0.39, 0.29) is 28.6 Å². The highest BCUT2D eigenvalue weighted by atomic mass is 35.5. The Morgan fingerprint density at radius 3 is 1.83 bits per heavy atom. The molecule has 0 saturated carbocycles. The fourth-order valence-corrected chi connectivity index (χ4v) is 5.79. The van der Waals surface area contributed by atoms with Crippen molar-refractivity contribution < 1.29 is 9.59 Å². The first-order valence-electron chi connectivity index (χ1n) is 14.4. The monoisotopic (exact) mass is 570 g/mol. The first-order chi connectivity index (χ1) is 20.0. The van der Waals surface area contributed by atoms with Gasteiger partial charge in [0.25, 0.3) is 0 Å². The molecule has 0 unspecified atom stereocenters. The van der Waals surface area contributed by atoms with Crippen molar-refractivity contribution >= 4 is 33.9 Å². The van der Waals surface area contributed by atoms with Gasteiger partial charge in [-0.2, -0.15) is 10.5 Å². The van der Waals surface area contributed by atoms with Gasteiger partial charge in [-0.3, -0.25) is 19.6 Å². The standard InChI is InChI=1S/C16H17N3O.C10H5ClN2O.C6H13N/c17-10-14-15(20)9-12-11-18-6-5-13(12)16(14)19-7-3-1-2-4-8-19;11-10-7-1-2-13-5-6(7)3-9(14)8(10)4-12;1-2-4-6-7-5-3-1/h5-6,11H,1-4,7-9H2;1-2,5H,3H2;7H,1-6H2. The van der Waals surface area contributed by atoms with Crippen LogP contribution < -0.4 is 5.32 Å². The lowest BCUT2D eigenvalue weighted by atomic mass is 9.89. The minimum Gasteiger partial charge on any atom is -0.370 e. The summed E-state index contributed by atoms with van der Waals surface area (Å²) in [6.07, 6.45) is 17.5. The predicted octanol–water partition coefficient (Wildman–Crippen LogP) is 5.15. The Bertz CT molecular complexity index is 1390. The Hall–Kier alpha value is -3.85. The number of likely N-dealkylation sites (tertiary alicyclic amines) is 1. The van der Waals surface area contributed by atoms with Gasteiger partial charge < -0.3 is 10.2 Å². The number of allylic oxidation sites excluding steroid dienone is 2. The van der Waals surface area contributed by atoms with E-state index in [2.05, 4.69) is 26.3 Å². The van der Waals surface area contributed by atoms with Crippen molar-refractivity contribution in [2.75, 3.05) is 26.2 Å². The molecule has 2 fully saturated rings. The number of aromatic nitrogens is 2. The van der Waals surface area contributed by atoms with E-state index < -0.39 is 0 Å². The summed E-state index contributed by atoms with van der Waals surface area (Å²) in [4.78, 5) is 33.8. The Morgan fingerprint density at radius 1 is 0.732 bits per heavy atom. The molecular formula is C32H35ClN6O2. The van der Waals surface area contributed by atoms with E-state index >= 15 is 0 Å². The maximum absolute atomic E-state index is 12.2. The topological polar surface area (TPSA) is 123 Å². The van der Waals surface area contributed by atoms with Crippen LogP contribution in [0.4, 0.5) is 0 Å². The zero-order valence-electron chi connectivity index (χ0n) is 23.3. The third kappa shape index (κ3) is 7.67. The SMILES string of the molecule is C1CCCNCC1.N#CC1=C(Cl)c2ccncc2CC1=O.N#CC1=C(N2CCCCCC2)c2ccncc2CC1=O. The van der Waals surface area contributed by atoms with Crippen LogP contribution in [0.5, 0.6) is 0 Å². The number of rotatable bonds is 1. The van der Waals surface area contributed by atoms with Crippen LogP contribution in [-0.4, -0.2) is 52.6 Å². The van der Waals surface area contributed by atoms with Crippen molar-refractivity contribution in [3.05, 3.63) is 70.3 Å². The Kier molecular flexibility index (Phi) is 11.2. The number of nitrogens with one attached hydrogen (secondary N) is 1. The number of halogens is 1. The number of carbonyl (C=O) groups excluding carboxylic acids is 2. The van der Waals surface area contributed by atoms with E-state index in [9.17, 15) is 14.9 Å². The molecule has 2 aliphatic heterocycles. The molecule has 0 bridgehead atoms. The third-order valence-corrected chi connectivity index (χ3v) is 8.01. The first-order valence-corrected chi connectivity index (χ1v) is 14.8. The zero-order chi connectivity index (χ0) is 29.0. The molecule has 212 valence electrons. The summed E-state index contributed by atoms with van der Waals surface area (Å²) in [6.45, 7) is 4.35. The number of hydrogen-bond acceptors (Lipinski definition) is 8. The van der Waals surface area contributed by atoms with E-state index in [0.717, 1.165) is 53.9 Å². The highest BCUT2D eigenvalue weighted by Gasteiger charge is 2.29. The molecule has 41 heavy (non-hydrogen) atoms. The van der Waals surface area contributed by atoms with Gasteiger partial charge in [0.1, 0.15) is 23.3 Å². The fourth-order valence-electron chi connectivity index (χ4n) is 5.46. The molecule has 2 saturated heterocycles. The quantitative estimate of drug-likeness (QED) is 0.499. The van der Waals surface area contributed by atoms with Crippen LogP contribution in [0.3, 0.4) is 0 Å². The lowest BCUT2D eigenvalue weighted by molar-refractivity contribution is -0.115. The molecular weight excluding hydrogens is 536 g/mol. The molecule has 0 aromatic carbocycles. The number of fused-ring (bicyclic) bond motifs is 2. The van der Waals surface area contributed by atoms with Crippen LogP contribution in [0.2, 0.25) is 0 Å². The van der Waals surface area contributed by atoms with Crippen LogP contribution in [-0.2, 0) is 22.4 Å². The fraction of sp³-hybridized carbons (Fsp3) is 0.438. The van der Waals surface area contributed by atoms with Gasteiger partial charge in [-0.1, -0.05) is 37.3 Å². The van der Waals surface area contributed by atoms with Gasteiger partial charge in [0.15, 0.2) is 11.6 Å². The summed E-state index contributed by atoms with van der Waals surface area (Å²) in [5.74, 6) is -0.315. The van der Waals surface area contributed by atoms with Crippen molar-refractivity contribution in [1.29, 1.82) is 10.5 Å². The second-order valence-electron chi connectivity index (χ2n) is 10.5. The summed E-state index contributed by atoms with van der Waals surface area (Å²) in [5, 5.41) is 21.7. The third-order valence-electron chi connectivity index (χ3n) is 7.62. The zero-order valence-corrected chi connectivity index (χ0v) is 24.1. The van der Waals surface area contributed by atoms with Gasteiger partial charge >= 0.3 is 0 Å².